The number of rotatable bonds is 59. The van der Waals surface area contributed by atoms with Gasteiger partial charge in [0, 0.05) is 74.1 Å². The van der Waals surface area contributed by atoms with Gasteiger partial charge in [0.1, 0.15) is 55.7 Å². The molecule has 4 aromatic rings. The molecule has 0 saturated carbocycles. The number of esters is 1. The molecule has 119 heavy (non-hydrogen) atoms. The number of ether oxygens (including phenoxy) is 16. The number of alkyl carbamates (subject to hydrolysis) is 1. The summed E-state index contributed by atoms with van der Waals surface area (Å²) in [6.45, 7) is 14.5. The van der Waals surface area contributed by atoms with E-state index in [1.807, 2.05) is 0 Å². The minimum absolute atomic E-state index is 0.0147. The van der Waals surface area contributed by atoms with E-state index in [2.05, 4.69) is 31.7 Å². The van der Waals surface area contributed by atoms with Crippen LogP contribution in [0.4, 0.5) is 9.18 Å². The molecule has 0 unspecified atom stereocenters. The maximum atomic E-state index is 15.7. The first kappa shape index (κ1) is 95.9. The molecule has 0 radical (unpaired) electrons. The highest BCUT2D eigenvalue weighted by molar-refractivity contribution is 5.94. The largest absolute Gasteiger partial charge is 0.479 e. The number of methoxy groups -OCH3 is 1. The Morgan fingerprint density at radius 2 is 1.25 bits per heavy atom. The number of nitrogens with zero attached hydrogens (tertiary/aromatic N) is 3. The Labute approximate surface area is 688 Å². The molecule has 0 spiro atoms. The number of amides is 5. The molecule has 1 saturated heterocycles. The first-order chi connectivity index (χ1) is 57.5. The number of oxime groups is 1. The average molecular weight is 1690 g/mol. The van der Waals surface area contributed by atoms with Gasteiger partial charge >= 0.3 is 18.0 Å². The van der Waals surface area contributed by atoms with E-state index in [4.69, 9.17) is 85.6 Å². The Morgan fingerprint density at radius 1 is 0.672 bits per heavy atom. The van der Waals surface area contributed by atoms with Gasteiger partial charge in [-0.2, -0.15) is 0 Å². The number of cyclic esters (lactones) is 1. The first-order valence-electron chi connectivity index (χ1n) is 40.1. The van der Waals surface area contributed by atoms with E-state index in [1.165, 1.54) is 34.9 Å². The lowest BCUT2D eigenvalue weighted by atomic mass is 9.81. The molecule has 5 heterocycles. The molecular weight excluding hydrogens is 1570 g/mol. The van der Waals surface area contributed by atoms with E-state index in [0.717, 1.165) is 5.71 Å². The van der Waals surface area contributed by atoms with E-state index >= 15 is 4.39 Å². The summed E-state index contributed by atoms with van der Waals surface area (Å²) >= 11 is 0. The maximum absolute atomic E-state index is 15.7. The van der Waals surface area contributed by atoms with Crippen LogP contribution < -0.4 is 36.9 Å². The number of fused-ring (bicyclic) bond motifs is 5. The normalized spacial score (nSPS) is 18.6. The predicted octanol–water partition coefficient (Wildman–Crippen LogP) is 1.63. The van der Waals surface area contributed by atoms with E-state index in [0.29, 0.717) is 198 Å². The van der Waals surface area contributed by atoms with E-state index in [1.54, 1.807) is 34.8 Å². The van der Waals surface area contributed by atoms with Crippen molar-refractivity contribution in [1.29, 1.82) is 0 Å². The van der Waals surface area contributed by atoms with Gasteiger partial charge in [-0.1, -0.05) is 18.1 Å². The van der Waals surface area contributed by atoms with Gasteiger partial charge in [0.25, 0.3) is 5.56 Å². The van der Waals surface area contributed by atoms with E-state index in [-0.39, 0.29) is 124 Å². The summed E-state index contributed by atoms with van der Waals surface area (Å²) in [5.74, 6) is -5.54. The molecule has 10 N–H and O–H groups in total. The second-order valence-corrected chi connectivity index (χ2v) is 28.3. The van der Waals surface area contributed by atoms with Crippen LogP contribution in [0.25, 0.3) is 22.3 Å². The highest BCUT2D eigenvalue weighted by atomic mass is 19.1. The zero-order valence-corrected chi connectivity index (χ0v) is 68.2. The second kappa shape index (κ2) is 51.2. The van der Waals surface area contributed by atoms with Crippen molar-refractivity contribution in [3.63, 3.8) is 0 Å². The van der Waals surface area contributed by atoms with Crippen molar-refractivity contribution in [2.45, 2.75) is 160 Å². The summed E-state index contributed by atoms with van der Waals surface area (Å²) in [7, 11) is 1.63. The molecule has 2 aromatic heterocycles. The van der Waals surface area contributed by atoms with E-state index in [9.17, 15) is 63.9 Å². The number of aromatic nitrogens is 2. The second-order valence-electron chi connectivity index (χ2n) is 28.3. The Kier molecular flexibility index (Phi) is 41.3. The number of nitrogens with one attached hydrogen (secondary N) is 5. The van der Waals surface area contributed by atoms with Crippen LogP contribution >= 0.6 is 0 Å². The fourth-order valence-corrected chi connectivity index (χ4v) is 13.2. The Morgan fingerprint density at radius 3 is 1.82 bits per heavy atom. The monoisotopic (exact) mass is 1690 g/mol. The molecule has 3 aliphatic heterocycles. The van der Waals surface area contributed by atoms with Gasteiger partial charge in [-0.05, 0) is 99.7 Å². The minimum Gasteiger partial charge on any atom is -0.479 e. The van der Waals surface area contributed by atoms with Crippen LogP contribution in [-0.4, -0.2) is 298 Å². The lowest BCUT2D eigenvalue weighted by Gasteiger charge is -2.38. The highest BCUT2D eigenvalue weighted by Gasteiger charge is 2.49. The molecule has 8 atom stereocenters. The number of carboxylic acids is 1. The zero-order valence-electron chi connectivity index (χ0n) is 68.2. The Bertz CT molecular complexity index is 4020. The number of halogens is 1. The van der Waals surface area contributed by atoms with Crippen molar-refractivity contribution in [2.75, 3.05) is 179 Å². The molecule has 1 fully saturated rings. The van der Waals surface area contributed by atoms with Gasteiger partial charge in [0.05, 0.1) is 193 Å². The third-order valence-electron chi connectivity index (χ3n) is 19.5. The van der Waals surface area contributed by atoms with Crippen LogP contribution in [0.15, 0.2) is 40.3 Å². The lowest BCUT2D eigenvalue weighted by molar-refractivity contribution is -0.271. The number of carboxylic acid groups (broad SMARTS) is 1. The van der Waals surface area contributed by atoms with Crippen LogP contribution in [0.5, 0.6) is 5.75 Å². The SMILES string of the molecule is CC[C@@]1(O)C(=O)OCc2c1cc1n(c2=O)Cc2c-1nc1cc(F)c(C)c3c1c2[C@@H](NC(=O)OCc1ccc(O[C@@H]2O[C@H](C(=O)O)[C@@H](O)[C@H](O)[C@H]2O)c(CNC(=O)CCNC(=O)[C@H](CNC(=O)CCOCCOCCOCCOCCOCCOCCOCCOCCOCCOCCOCCOC)NC(=O)CCCCCON=C(C)C)c1)CC3. The van der Waals surface area contributed by atoms with Gasteiger partial charge < -0.3 is 137 Å². The van der Waals surface area contributed by atoms with Crippen molar-refractivity contribution in [1.82, 2.24) is 36.1 Å². The van der Waals surface area contributed by atoms with Gasteiger partial charge in [-0.15, -0.1) is 0 Å². The van der Waals surface area contributed by atoms with Crippen molar-refractivity contribution >= 4 is 58.3 Å². The number of carbonyl (C=O) groups is 7. The number of aliphatic hydroxyl groups is 4. The first-order valence-corrected chi connectivity index (χ1v) is 40.1. The number of hydrogen-bond donors (Lipinski definition) is 10. The Hall–Kier alpha value is -8.59. The summed E-state index contributed by atoms with van der Waals surface area (Å²) in [5.41, 5.74) is 1.69. The average Bonchev–Trinajstić information content (AvgIpc) is 1.59. The molecule has 39 heteroatoms. The molecule has 662 valence electrons. The van der Waals surface area contributed by atoms with Crippen molar-refractivity contribution in [2.24, 2.45) is 5.16 Å². The molecule has 2 aromatic carbocycles. The third-order valence-corrected chi connectivity index (χ3v) is 19.5. The number of carbonyl (C=O) groups excluding carboxylic acids is 6. The fourth-order valence-electron chi connectivity index (χ4n) is 13.2. The van der Waals surface area contributed by atoms with Gasteiger partial charge in [0.15, 0.2) is 11.7 Å². The molecule has 4 aliphatic rings. The highest BCUT2D eigenvalue weighted by Crippen LogP contribution is 2.46. The number of unbranched alkanes of at least 4 members (excludes halogenated alkanes) is 2. The van der Waals surface area contributed by atoms with E-state index < -0.39 is 108 Å². The Balaban J connectivity index is 0.751. The standard InChI is InChI=1S/C80H115FN8O30/c1-6-80(102)57-43-62-69-55(47-89(62)75(97)56(57)49-115-78(80)100)68-59(13-12-54-51(4)58(81)44-60(86-69)67(54)68)87-79(101)116-48-52-11-14-63(118-77-72(95)70(93)71(94)73(119-77)76(98)99)53(42-52)45-83-64(90)15-17-82-74(96)61(85-66(92)10-8-7-9-18-117-88-50(2)3)46-84-65(91)16-19-104-22-23-106-26-27-108-30-31-110-34-35-112-38-39-114-41-40-113-37-36-111-33-32-109-29-28-107-25-24-105-21-20-103-5/h11,14,42-44,59,61,70-73,77,93-95,102H,6-10,12-13,15-41,45-49H2,1-5H3,(H,82,96)(H,83,90)(H,84,91)(H,85,92)(H,87,101)(H,98,99)/t59-,61-,70-,71-,72+,73-,77+,80-/m0/s1. The van der Waals surface area contributed by atoms with Crippen molar-refractivity contribution in [3.8, 4) is 17.1 Å². The number of aliphatic carboxylic acids is 1. The van der Waals surface area contributed by atoms with Crippen molar-refractivity contribution < 1.29 is 144 Å². The molecular formula is C80H115FN8O30. The zero-order chi connectivity index (χ0) is 85.5. The maximum Gasteiger partial charge on any atom is 0.407 e. The van der Waals surface area contributed by atoms with Gasteiger partial charge in [0.2, 0.25) is 29.9 Å². The molecule has 1 aliphatic carbocycles. The molecule has 0 bridgehead atoms. The number of benzene rings is 2. The minimum atomic E-state index is -2.11. The summed E-state index contributed by atoms with van der Waals surface area (Å²) in [4.78, 5) is 117. The predicted molar refractivity (Wildman–Crippen MR) is 418 cm³/mol. The van der Waals surface area contributed by atoms with Gasteiger partial charge in [-0.25, -0.2) is 23.8 Å². The number of aryl methyl sites for hydroxylation is 1. The molecule has 8 rings (SSSR count). The third kappa shape index (κ3) is 29.9. The summed E-state index contributed by atoms with van der Waals surface area (Å²) < 4.78 is 105. The van der Waals surface area contributed by atoms with Crippen LogP contribution in [0.1, 0.15) is 123 Å². The number of hydrogen-bond acceptors (Lipinski definition) is 31. The smallest absolute Gasteiger partial charge is 0.407 e. The molecule has 38 nitrogen and oxygen atoms in total. The van der Waals surface area contributed by atoms with Crippen LogP contribution in [-0.2, 0) is 143 Å². The lowest BCUT2D eigenvalue weighted by Crippen LogP contribution is -2.61. The summed E-state index contributed by atoms with van der Waals surface area (Å²) in [5, 5.41) is 71.3. The quantitative estimate of drug-likeness (QED) is 0.0114. The number of pyridine rings is 2. The molecule has 5 amide bonds. The van der Waals surface area contributed by atoms with Crippen LogP contribution in [0, 0.1) is 12.7 Å². The fraction of sp³-hybridized carbons (Fsp3) is 0.650. The topological polar surface area (TPSA) is 485 Å². The van der Waals surface area contributed by atoms with Crippen LogP contribution in [0.2, 0.25) is 0 Å². The van der Waals surface area contributed by atoms with Crippen LogP contribution in [0.3, 0.4) is 0 Å². The summed E-state index contributed by atoms with van der Waals surface area (Å²) in [6.07, 6.45) is -9.12. The summed E-state index contributed by atoms with van der Waals surface area (Å²) in [6, 6.07) is 5.00. The van der Waals surface area contributed by atoms with Crippen molar-refractivity contribution in [3.05, 3.63) is 91.0 Å². The number of aliphatic hydroxyl groups excluding tert-OH is 3. The van der Waals surface area contributed by atoms with Gasteiger partial charge in [-0.3, -0.25) is 24.0 Å².